The van der Waals surface area contributed by atoms with Gasteiger partial charge >= 0.3 is 0 Å². The van der Waals surface area contributed by atoms with Crippen molar-refractivity contribution in [2.24, 2.45) is 5.92 Å². The van der Waals surface area contributed by atoms with Crippen LogP contribution in [0.5, 0.6) is 0 Å². The van der Waals surface area contributed by atoms with Crippen molar-refractivity contribution >= 4 is 17.5 Å². The average molecular weight is 307 g/mol. The van der Waals surface area contributed by atoms with Gasteiger partial charge in [-0.3, -0.25) is 14.5 Å². The highest BCUT2D eigenvalue weighted by atomic mass is 19.1. The van der Waals surface area contributed by atoms with Crippen molar-refractivity contribution < 1.29 is 14.0 Å². The third-order valence-corrected chi connectivity index (χ3v) is 3.82. The smallest absolute Gasteiger partial charge is 0.243 e. The molecule has 1 aliphatic rings. The van der Waals surface area contributed by atoms with Gasteiger partial charge in [0.2, 0.25) is 11.8 Å². The number of piperidine rings is 1. The second-order valence-corrected chi connectivity index (χ2v) is 5.79. The first kappa shape index (κ1) is 16.4. The first-order valence-corrected chi connectivity index (χ1v) is 7.57. The molecule has 2 N–H and O–H groups in total. The van der Waals surface area contributed by atoms with Gasteiger partial charge in [0.1, 0.15) is 5.82 Å². The Bertz CT molecular complexity index is 511. The Balaban J connectivity index is 1.67. The van der Waals surface area contributed by atoms with Crippen LogP contribution in [0.4, 0.5) is 10.1 Å². The van der Waals surface area contributed by atoms with Crippen LogP contribution in [-0.4, -0.2) is 42.9 Å². The summed E-state index contributed by atoms with van der Waals surface area (Å²) < 4.78 is 12.8. The summed E-state index contributed by atoms with van der Waals surface area (Å²) in [6.45, 7) is 4.32. The van der Waals surface area contributed by atoms with E-state index in [1.54, 1.807) is 0 Å². The lowest BCUT2D eigenvalue weighted by Crippen LogP contribution is -2.43. The fraction of sp³-hybridized carbons (Fsp3) is 0.500. The monoisotopic (exact) mass is 307 g/mol. The number of nitrogens with zero attached hydrogens (tertiary/aromatic N) is 1. The molecule has 1 aromatic carbocycles. The van der Waals surface area contributed by atoms with Crippen LogP contribution >= 0.6 is 0 Å². The number of carbonyl (C=O) groups is 2. The normalized spacial score (nSPS) is 16.3. The van der Waals surface area contributed by atoms with Crippen LogP contribution in [0.15, 0.2) is 24.3 Å². The Morgan fingerprint density at radius 1 is 1.18 bits per heavy atom. The molecular weight excluding hydrogens is 285 g/mol. The molecule has 0 bridgehead atoms. The van der Waals surface area contributed by atoms with Crippen LogP contribution in [0.3, 0.4) is 0 Å². The highest BCUT2D eigenvalue weighted by Crippen LogP contribution is 2.15. The van der Waals surface area contributed by atoms with E-state index in [4.69, 9.17) is 0 Å². The summed E-state index contributed by atoms with van der Waals surface area (Å²) in [6, 6.07) is 5.49. The zero-order chi connectivity index (χ0) is 15.9. The van der Waals surface area contributed by atoms with Gasteiger partial charge in [0.25, 0.3) is 0 Å². The molecule has 1 fully saturated rings. The summed E-state index contributed by atoms with van der Waals surface area (Å²) in [5.41, 5.74) is 0.505. The highest BCUT2D eigenvalue weighted by Gasteiger charge is 2.18. The molecule has 22 heavy (non-hydrogen) atoms. The van der Waals surface area contributed by atoms with Gasteiger partial charge in [0.15, 0.2) is 0 Å². The third kappa shape index (κ3) is 5.44. The lowest BCUT2D eigenvalue weighted by molar-refractivity contribution is -0.125. The maximum absolute atomic E-state index is 12.8. The largest absolute Gasteiger partial charge is 0.346 e. The molecular formula is C16H22FN3O2. The number of amides is 2. The molecule has 1 heterocycles. The maximum Gasteiger partial charge on any atom is 0.243 e. The van der Waals surface area contributed by atoms with Gasteiger partial charge in [-0.1, -0.05) is 6.92 Å². The molecule has 5 nitrogen and oxygen atoms in total. The predicted octanol–water partition coefficient (Wildman–Crippen LogP) is 1.61. The van der Waals surface area contributed by atoms with E-state index in [0.717, 1.165) is 31.8 Å². The standard InChI is InChI=1S/C16H22FN3O2/c1-12-6-8-20(9-7-12)11-16(22)18-10-15(21)19-14-4-2-13(17)3-5-14/h2-5,12H,6-11H2,1H3,(H,18,22)(H,19,21). The van der Waals surface area contributed by atoms with Crippen LogP contribution in [0.25, 0.3) is 0 Å². The zero-order valence-corrected chi connectivity index (χ0v) is 12.8. The van der Waals surface area contributed by atoms with Crippen molar-refractivity contribution in [2.45, 2.75) is 19.8 Å². The van der Waals surface area contributed by atoms with Gasteiger partial charge in [-0.15, -0.1) is 0 Å². The Labute approximate surface area is 129 Å². The molecule has 6 heteroatoms. The van der Waals surface area contributed by atoms with E-state index in [9.17, 15) is 14.0 Å². The molecule has 0 aliphatic carbocycles. The number of hydrogen-bond donors (Lipinski definition) is 2. The Hall–Kier alpha value is -1.95. The number of halogens is 1. The molecule has 0 atom stereocenters. The summed E-state index contributed by atoms with van der Waals surface area (Å²) in [4.78, 5) is 25.6. The van der Waals surface area contributed by atoms with Crippen LogP contribution in [0.1, 0.15) is 19.8 Å². The van der Waals surface area contributed by atoms with Crippen molar-refractivity contribution in [2.75, 3.05) is 31.5 Å². The average Bonchev–Trinajstić information content (AvgIpc) is 2.50. The molecule has 0 radical (unpaired) electrons. The van der Waals surface area contributed by atoms with Gasteiger partial charge in [0.05, 0.1) is 13.1 Å². The van der Waals surface area contributed by atoms with E-state index in [0.29, 0.717) is 12.2 Å². The van der Waals surface area contributed by atoms with Crippen LogP contribution in [0.2, 0.25) is 0 Å². The minimum Gasteiger partial charge on any atom is -0.346 e. The Morgan fingerprint density at radius 2 is 1.82 bits per heavy atom. The minimum absolute atomic E-state index is 0.0829. The molecule has 2 rings (SSSR count). The van der Waals surface area contributed by atoms with Crippen molar-refractivity contribution in [1.82, 2.24) is 10.2 Å². The molecule has 1 saturated heterocycles. The van der Waals surface area contributed by atoms with Crippen LogP contribution in [-0.2, 0) is 9.59 Å². The number of hydrogen-bond acceptors (Lipinski definition) is 3. The van der Waals surface area contributed by atoms with Crippen molar-refractivity contribution in [3.8, 4) is 0 Å². The summed E-state index contributed by atoms with van der Waals surface area (Å²) in [6.07, 6.45) is 2.22. The fourth-order valence-electron chi connectivity index (χ4n) is 2.40. The third-order valence-electron chi connectivity index (χ3n) is 3.82. The molecule has 0 spiro atoms. The molecule has 0 unspecified atom stereocenters. The van der Waals surface area contributed by atoms with Gasteiger partial charge in [-0.05, 0) is 56.1 Å². The predicted molar refractivity (Wildman–Crippen MR) is 82.9 cm³/mol. The van der Waals surface area contributed by atoms with Crippen molar-refractivity contribution in [3.05, 3.63) is 30.1 Å². The maximum atomic E-state index is 12.8. The lowest BCUT2D eigenvalue weighted by atomic mass is 9.99. The Morgan fingerprint density at radius 3 is 2.45 bits per heavy atom. The fourth-order valence-corrected chi connectivity index (χ4v) is 2.40. The molecule has 0 saturated carbocycles. The number of benzene rings is 1. The summed E-state index contributed by atoms with van der Waals surface area (Å²) in [5, 5.41) is 5.21. The van der Waals surface area contributed by atoms with Gasteiger partial charge < -0.3 is 10.6 Å². The highest BCUT2D eigenvalue weighted by molar-refractivity contribution is 5.94. The van der Waals surface area contributed by atoms with E-state index < -0.39 is 0 Å². The SMILES string of the molecule is CC1CCN(CC(=O)NCC(=O)Nc2ccc(F)cc2)CC1. The number of rotatable bonds is 5. The molecule has 0 aromatic heterocycles. The molecule has 120 valence electrons. The van der Waals surface area contributed by atoms with Gasteiger partial charge in [0, 0.05) is 5.69 Å². The van der Waals surface area contributed by atoms with E-state index in [2.05, 4.69) is 22.5 Å². The van der Waals surface area contributed by atoms with Crippen molar-refractivity contribution in [1.29, 1.82) is 0 Å². The van der Waals surface area contributed by atoms with Crippen molar-refractivity contribution in [3.63, 3.8) is 0 Å². The van der Waals surface area contributed by atoms with E-state index in [-0.39, 0.29) is 24.2 Å². The number of carbonyl (C=O) groups excluding carboxylic acids is 2. The van der Waals surface area contributed by atoms with E-state index in [1.807, 2.05) is 0 Å². The summed E-state index contributed by atoms with van der Waals surface area (Å²) in [5.74, 6) is -0.112. The first-order chi connectivity index (χ1) is 10.5. The molecule has 2 amide bonds. The number of likely N-dealkylation sites (tertiary alicyclic amines) is 1. The van der Waals surface area contributed by atoms with Crippen LogP contribution < -0.4 is 10.6 Å². The molecule has 1 aromatic rings. The second kappa shape index (κ2) is 7.89. The second-order valence-electron chi connectivity index (χ2n) is 5.79. The minimum atomic E-state index is -0.359. The quantitative estimate of drug-likeness (QED) is 0.869. The number of anilines is 1. The number of nitrogens with one attached hydrogen (secondary N) is 2. The zero-order valence-electron chi connectivity index (χ0n) is 12.8. The Kier molecular flexibility index (Phi) is 5.89. The first-order valence-electron chi connectivity index (χ1n) is 7.57. The van der Waals surface area contributed by atoms with Gasteiger partial charge in [-0.25, -0.2) is 4.39 Å². The summed E-state index contributed by atoms with van der Waals surface area (Å²) >= 11 is 0. The lowest BCUT2D eigenvalue weighted by Gasteiger charge is -2.29. The van der Waals surface area contributed by atoms with E-state index >= 15 is 0 Å². The van der Waals surface area contributed by atoms with Gasteiger partial charge in [-0.2, -0.15) is 0 Å². The summed E-state index contributed by atoms with van der Waals surface area (Å²) in [7, 11) is 0. The van der Waals surface area contributed by atoms with E-state index in [1.165, 1.54) is 24.3 Å². The molecule has 1 aliphatic heterocycles. The topological polar surface area (TPSA) is 61.4 Å². The van der Waals surface area contributed by atoms with Crippen LogP contribution in [0, 0.1) is 11.7 Å².